The van der Waals surface area contributed by atoms with Crippen molar-refractivity contribution in [3.05, 3.63) is 82.9 Å². The average molecular weight is 453 g/mol. The third-order valence-electron chi connectivity index (χ3n) is 6.11. The number of rotatable bonds is 6. The fourth-order valence-corrected chi connectivity index (χ4v) is 4.60. The van der Waals surface area contributed by atoms with Crippen LogP contribution >= 0.6 is 11.6 Å². The highest BCUT2D eigenvalue weighted by Crippen LogP contribution is 2.36. The molecule has 32 heavy (non-hydrogen) atoms. The Balaban J connectivity index is 1.62. The lowest BCUT2D eigenvalue weighted by molar-refractivity contribution is 0.253. The number of ether oxygens (including phenoxy) is 1. The van der Waals surface area contributed by atoms with Crippen LogP contribution in [0.2, 0.25) is 5.02 Å². The second-order valence-electron chi connectivity index (χ2n) is 8.36. The van der Waals surface area contributed by atoms with Crippen molar-refractivity contribution in [1.82, 2.24) is 9.55 Å². The van der Waals surface area contributed by atoms with Gasteiger partial charge < -0.3 is 9.30 Å². The molecule has 3 nitrogen and oxygen atoms in total. The summed E-state index contributed by atoms with van der Waals surface area (Å²) in [6.45, 7) is 1.08. The van der Waals surface area contributed by atoms with E-state index < -0.39 is 11.6 Å². The number of benzene rings is 3. The molecule has 1 aromatic heterocycles. The van der Waals surface area contributed by atoms with Crippen molar-refractivity contribution >= 4 is 22.6 Å². The largest absolute Gasteiger partial charge is 0.492 e. The average Bonchev–Trinajstić information content (AvgIpc) is 3.42. The summed E-state index contributed by atoms with van der Waals surface area (Å²) in [6.07, 6.45) is 4.81. The van der Waals surface area contributed by atoms with E-state index >= 15 is 0 Å². The molecule has 0 spiro atoms. The highest BCUT2D eigenvalue weighted by molar-refractivity contribution is 6.30. The van der Waals surface area contributed by atoms with Crippen molar-refractivity contribution < 1.29 is 13.5 Å². The van der Waals surface area contributed by atoms with Crippen molar-refractivity contribution in [3.63, 3.8) is 0 Å². The molecular formula is C26H23ClF2N2O. The Morgan fingerprint density at radius 2 is 1.72 bits per heavy atom. The number of hydrogen-bond donors (Lipinski definition) is 0. The third kappa shape index (κ3) is 4.22. The lowest BCUT2D eigenvalue weighted by Crippen LogP contribution is -2.09. The highest BCUT2D eigenvalue weighted by Gasteiger charge is 2.21. The summed E-state index contributed by atoms with van der Waals surface area (Å²) in [5.41, 5.74) is 2.70. The lowest BCUT2D eigenvalue weighted by Gasteiger charge is -2.16. The summed E-state index contributed by atoms with van der Waals surface area (Å²) in [7, 11) is 0. The van der Waals surface area contributed by atoms with Gasteiger partial charge >= 0.3 is 0 Å². The molecule has 6 heteroatoms. The molecule has 0 unspecified atom stereocenters. The molecule has 1 aliphatic carbocycles. The van der Waals surface area contributed by atoms with E-state index in [2.05, 4.69) is 4.98 Å². The Labute approximate surface area is 190 Å². The van der Waals surface area contributed by atoms with Gasteiger partial charge in [0.2, 0.25) is 0 Å². The minimum Gasteiger partial charge on any atom is -0.492 e. The van der Waals surface area contributed by atoms with Gasteiger partial charge in [-0.25, -0.2) is 13.8 Å². The summed E-state index contributed by atoms with van der Waals surface area (Å²) in [4.78, 5) is 4.68. The topological polar surface area (TPSA) is 27.1 Å². The molecule has 1 aliphatic rings. The van der Waals surface area contributed by atoms with Gasteiger partial charge in [-0.2, -0.15) is 0 Å². The number of halogens is 3. The molecule has 4 aromatic rings. The van der Waals surface area contributed by atoms with Crippen LogP contribution in [0.1, 0.15) is 31.2 Å². The first kappa shape index (κ1) is 21.0. The molecule has 1 saturated carbocycles. The highest BCUT2D eigenvalue weighted by atomic mass is 35.5. The number of nitrogens with zero attached hydrogens (tertiary/aromatic N) is 2. The maximum absolute atomic E-state index is 14.1. The number of aromatic nitrogens is 2. The Hall–Kier alpha value is -2.92. The summed E-state index contributed by atoms with van der Waals surface area (Å²) < 4.78 is 36.2. The molecule has 1 fully saturated rings. The van der Waals surface area contributed by atoms with Crippen LogP contribution in [0.3, 0.4) is 0 Å². The molecule has 164 valence electrons. The standard InChI is InChI=1S/C26H23ClF2N2O/c27-19-10-11-20(25(12-19)32-16-18-8-4-5-9-18)26-30-23-13-21(28)22(29)14-24(23)31(26)15-17-6-2-1-3-7-17/h1-3,6-7,10-14,18H,4-5,8-9,15-16H2. The van der Waals surface area contributed by atoms with Crippen LogP contribution in [0.5, 0.6) is 5.75 Å². The fourth-order valence-electron chi connectivity index (χ4n) is 4.44. The molecule has 1 heterocycles. The summed E-state index contributed by atoms with van der Waals surface area (Å²) in [5.74, 6) is -0.0515. The Morgan fingerprint density at radius 3 is 2.50 bits per heavy atom. The van der Waals surface area contributed by atoms with Gasteiger partial charge in [0.1, 0.15) is 11.6 Å². The van der Waals surface area contributed by atoms with Crippen LogP contribution in [-0.4, -0.2) is 16.2 Å². The van der Waals surface area contributed by atoms with E-state index in [0.717, 1.165) is 17.2 Å². The molecule has 0 N–H and O–H groups in total. The van der Waals surface area contributed by atoms with Gasteiger partial charge in [0.25, 0.3) is 0 Å². The van der Waals surface area contributed by atoms with Gasteiger partial charge in [0.05, 0.1) is 23.2 Å². The molecule has 0 aliphatic heterocycles. The molecule has 0 saturated heterocycles. The van der Waals surface area contributed by atoms with Crippen LogP contribution in [0.4, 0.5) is 8.78 Å². The predicted molar refractivity (Wildman–Crippen MR) is 123 cm³/mol. The van der Waals surface area contributed by atoms with E-state index in [1.165, 1.54) is 31.7 Å². The van der Waals surface area contributed by atoms with Crippen molar-refractivity contribution in [2.45, 2.75) is 32.2 Å². The first-order chi connectivity index (χ1) is 15.6. The van der Waals surface area contributed by atoms with Crippen molar-refractivity contribution in [3.8, 4) is 17.1 Å². The Kier molecular flexibility index (Phi) is 5.83. The van der Waals surface area contributed by atoms with E-state index in [9.17, 15) is 8.78 Å². The second-order valence-corrected chi connectivity index (χ2v) is 8.80. The second kappa shape index (κ2) is 8.91. The van der Waals surface area contributed by atoms with Crippen molar-refractivity contribution in [2.75, 3.05) is 6.61 Å². The summed E-state index contributed by atoms with van der Waals surface area (Å²) in [6, 6.07) is 17.6. The summed E-state index contributed by atoms with van der Waals surface area (Å²) >= 11 is 6.28. The van der Waals surface area contributed by atoms with E-state index in [4.69, 9.17) is 16.3 Å². The summed E-state index contributed by atoms with van der Waals surface area (Å²) in [5, 5.41) is 0.568. The van der Waals surface area contributed by atoms with Gasteiger partial charge in [0.15, 0.2) is 11.6 Å². The molecule has 0 atom stereocenters. The van der Waals surface area contributed by atoms with Gasteiger partial charge in [-0.05, 0) is 42.5 Å². The SMILES string of the molecule is Fc1cc2nc(-c3ccc(Cl)cc3OCC3CCCC3)n(Cc3ccccc3)c2cc1F. The Bertz CT molecular complexity index is 1250. The zero-order chi connectivity index (χ0) is 22.1. The maximum Gasteiger partial charge on any atom is 0.161 e. The Morgan fingerprint density at radius 1 is 0.969 bits per heavy atom. The molecule has 0 radical (unpaired) electrons. The van der Waals surface area contributed by atoms with E-state index in [0.29, 0.717) is 46.7 Å². The first-order valence-electron chi connectivity index (χ1n) is 10.9. The quantitative estimate of drug-likeness (QED) is 0.308. The van der Waals surface area contributed by atoms with Crippen LogP contribution < -0.4 is 4.74 Å². The minimum atomic E-state index is -0.915. The first-order valence-corrected chi connectivity index (χ1v) is 11.3. The lowest BCUT2D eigenvalue weighted by atomic mass is 10.1. The van der Waals surface area contributed by atoms with Gasteiger partial charge in [0, 0.05) is 23.7 Å². The minimum absolute atomic E-state index is 0.395. The van der Waals surface area contributed by atoms with E-state index in [1.54, 1.807) is 12.1 Å². The van der Waals surface area contributed by atoms with Gasteiger partial charge in [-0.3, -0.25) is 0 Å². The number of imidazole rings is 1. The monoisotopic (exact) mass is 452 g/mol. The number of fused-ring (bicyclic) bond motifs is 1. The van der Waals surface area contributed by atoms with Crippen LogP contribution in [-0.2, 0) is 6.54 Å². The number of hydrogen-bond acceptors (Lipinski definition) is 2. The van der Waals surface area contributed by atoms with E-state index in [-0.39, 0.29) is 0 Å². The molecule has 0 amide bonds. The normalized spacial score (nSPS) is 14.3. The maximum atomic E-state index is 14.1. The van der Waals surface area contributed by atoms with E-state index in [1.807, 2.05) is 41.0 Å². The van der Waals surface area contributed by atoms with Gasteiger partial charge in [-0.15, -0.1) is 0 Å². The van der Waals surface area contributed by atoms with Gasteiger partial charge in [-0.1, -0.05) is 54.8 Å². The predicted octanol–water partition coefficient (Wildman–Crippen LogP) is 7.25. The van der Waals surface area contributed by atoms with Crippen LogP contribution in [0.25, 0.3) is 22.4 Å². The van der Waals surface area contributed by atoms with Crippen LogP contribution in [0.15, 0.2) is 60.7 Å². The fraction of sp³-hybridized carbons (Fsp3) is 0.269. The molecular weight excluding hydrogens is 430 g/mol. The third-order valence-corrected chi connectivity index (χ3v) is 6.34. The molecule has 3 aromatic carbocycles. The smallest absolute Gasteiger partial charge is 0.161 e. The molecule has 5 rings (SSSR count). The van der Waals surface area contributed by atoms with Crippen LogP contribution in [0, 0.1) is 17.6 Å². The molecule has 0 bridgehead atoms. The van der Waals surface area contributed by atoms with Crippen molar-refractivity contribution in [1.29, 1.82) is 0 Å². The zero-order valence-electron chi connectivity index (χ0n) is 17.5. The van der Waals surface area contributed by atoms with Crippen molar-refractivity contribution in [2.24, 2.45) is 5.92 Å². The zero-order valence-corrected chi connectivity index (χ0v) is 18.3.